The maximum absolute atomic E-state index is 10.6. The number of hydrogen-bond donors (Lipinski definition) is 4. The monoisotopic (exact) mass is 221 g/mol. The van der Waals surface area contributed by atoms with Gasteiger partial charge >= 0.3 is 0 Å². The van der Waals surface area contributed by atoms with Gasteiger partial charge in [-0.15, -0.1) is 0 Å². The van der Waals surface area contributed by atoms with E-state index in [1.165, 1.54) is 0 Å². The van der Waals surface area contributed by atoms with E-state index in [9.17, 15) is 4.79 Å². The molecule has 2 aromatic heterocycles. The minimum atomic E-state index is -0.377. The largest absolute Gasteiger partial charge is 0.370 e. The van der Waals surface area contributed by atoms with Crippen LogP contribution >= 0.6 is 0 Å². The number of amides is 1. The first-order valence-electron chi connectivity index (χ1n) is 4.65. The summed E-state index contributed by atoms with van der Waals surface area (Å²) in [6.45, 7) is 0.395. The topological polar surface area (TPSA) is 136 Å². The van der Waals surface area contributed by atoms with Crippen LogP contribution in [0.5, 0.6) is 0 Å². The predicted octanol–water partition coefficient (Wildman–Crippen LogP) is -0.778. The average Bonchev–Trinajstić information content (AvgIpc) is 2.64. The zero-order valence-electron chi connectivity index (χ0n) is 8.40. The second-order valence-corrected chi connectivity index (χ2v) is 3.21. The molecule has 0 aliphatic carbocycles. The minimum absolute atomic E-state index is 0.137. The maximum atomic E-state index is 10.6. The quantitative estimate of drug-likeness (QED) is 0.534. The second-order valence-electron chi connectivity index (χ2n) is 3.21. The van der Waals surface area contributed by atoms with Gasteiger partial charge in [0.1, 0.15) is 5.82 Å². The fourth-order valence-electron chi connectivity index (χ4n) is 1.29. The molecule has 8 nitrogen and oxygen atoms in total. The molecule has 2 rings (SSSR count). The summed E-state index contributed by atoms with van der Waals surface area (Å²) in [5, 5.41) is 10.2. The number of aromatic amines is 1. The Labute approximate surface area is 90.4 Å². The van der Waals surface area contributed by atoms with Crippen molar-refractivity contribution in [3.8, 4) is 0 Å². The van der Waals surface area contributed by atoms with Crippen molar-refractivity contribution >= 4 is 28.7 Å². The first kappa shape index (κ1) is 10.1. The summed E-state index contributed by atoms with van der Waals surface area (Å²) in [5.74, 6) is 0.300. The van der Waals surface area contributed by atoms with Crippen LogP contribution in [-0.2, 0) is 4.79 Å². The summed E-state index contributed by atoms with van der Waals surface area (Å²) in [5.41, 5.74) is 11.1. The molecule has 0 unspecified atom stereocenters. The molecule has 0 aromatic carbocycles. The number of carbonyl (C=O) groups excluding carboxylic acids is 1. The van der Waals surface area contributed by atoms with Crippen molar-refractivity contribution in [3.63, 3.8) is 0 Å². The Morgan fingerprint density at radius 2 is 2.31 bits per heavy atom. The smallest absolute Gasteiger partial charge is 0.224 e. The Bertz CT molecular complexity index is 520. The maximum Gasteiger partial charge on any atom is 0.224 e. The van der Waals surface area contributed by atoms with Gasteiger partial charge in [-0.1, -0.05) is 0 Å². The van der Waals surface area contributed by atoms with Gasteiger partial charge in [0.2, 0.25) is 11.9 Å². The van der Waals surface area contributed by atoms with E-state index in [0.29, 0.717) is 18.0 Å². The van der Waals surface area contributed by atoms with Crippen molar-refractivity contribution in [2.75, 3.05) is 17.6 Å². The number of nitrogens with zero attached hydrogens (tertiary/aromatic N) is 3. The first-order valence-corrected chi connectivity index (χ1v) is 4.65. The highest BCUT2D eigenvalue weighted by atomic mass is 16.1. The Balaban J connectivity index is 2.22. The zero-order valence-corrected chi connectivity index (χ0v) is 8.40. The van der Waals surface area contributed by atoms with Gasteiger partial charge < -0.3 is 16.8 Å². The molecule has 0 saturated carbocycles. The molecule has 0 spiro atoms. The molecule has 2 heterocycles. The number of anilines is 2. The number of H-pyrrole nitrogens is 1. The lowest BCUT2D eigenvalue weighted by atomic mass is 10.3. The fraction of sp³-hybridized carbons (Fsp3) is 0.250. The highest BCUT2D eigenvalue weighted by Crippen LogP contribution is 2.18. The molecule has 0 aliphatic rings. The van der Waals surface area contributed by atoms with Gasteiger partial charge in [0.05, 0.1) is 11.6 Å². The molecule has 0 radical (unpaired) electrons. The van der Waals surface area contributed by atoms with E-state index >= 15 is 0 Å². The summed E-state index contributed by atoms with van der Waals surface area (Å²) >= 11 is 0. The van der Waals surface area contributed by atoms with E-state index in [-0.39, 0.29) is 18.3 Å². The number of carbonyl (C=O) groups is 1. The third-order valence-corrected chi connectivity index (χ3v) is 1.99. The first-order chi connectivity index (χ1) is 7.66. The normalized spacial score (nSPS) is 10.5. The standard InChI is InChI=1S/C8H11N7O/c9-5(16)1-2-11-6-4-3-12-15-7(4)14-8(10)13-6/h3H,1-2H2,(H2,9,16)(H4,10,11,12,13,14,15). The van der Waals surface area contributed by atoms with Crippen LogP contribution in [0.2, 0.25) is 0 Å². The third kappa shape index (κ3) is 2.00. The number of nitrogens with two attached hydrogens (primary N) is 2. The number of aromatic nitrogens is 4. The van der Waals surface area contributed by atoms with E-state index in [1.807, 2.05) is 0 Å². The number of nitrogens with one attached hydrogen (secondary N) is 2. The lowest BCUT2D eigenvalue weighted by Crippen LogP contribution is -2.16. The molecule has 0 saturated heterocycles. The number of primary amides is 1. The van der Waals surface area contributed by atoms with Crippen LogP contribution in [0.3, 0.4) is 0 Å². The van der Waals surface area contributed by atoms with Crippen molar-refractivity contribution < 1.29 is 4.79 Å². The van der Waals surface area contributed by atoms with Crippen molar-refractivity contribution in [2.45, 2.75) is 6.42 Å². The lowest BCUT2D eigenvalue weighted by Gasteiger charge is -2.05. The Morgan fingerprint density at radius 3 is 3.06 bits per heavy atom. The van der Waals surface area contributed by atoms with Crippen molar-refractivity contribution in [1.29, 1.82) is 0 Å². The van der Waals surface area contributed by atoms with Crippen LogP contribution in [0, 0.1) is 0 Å². The van der Waals surface area contributed by atoms with E-state index in [2.05, 4.69) is 25.5 Å². The van der Waals surface area contributed by atoms with Crippen LogP contribution in [0.4, 0.5) is 11.8 Å². The molecule has 2 aromatic rings. The van der Waals surface area contributed by atoms with Crippen LogP contribution < -0.4 is 16.8 Å². The molecule has 84 valence electrons. The van der Waals surface area contributed by atoms with Gasteiger partial charge in [0.25, 0.3) is 0 Å². The molecule has 0 aliphatic heterocycles. The second kappa shape index (κ2) is 4.01. The molecule has 0 fully saturated rings. The van der Waals surface area contributed by atoms with Crippen LogP contribution in [0.15, 0.2) is 6.20 Å². The number of rotatable bonds is 4. The van der Waals surface area contributed by atoms with Gasteiger partial charge in [-0.2, -0.15) is 15.1 Å². The molecular formula is C8H11N7O. The summed E-state index contributed by atoms with van der Waals surface area (Å²) in [6, 6.07) is 0. The fourth-order valence-corrected chi connectivity index (χ4v) is 1.29. The third-order valence-electron chi connectivity index (χ3n) is 1.99. The van der Waals surface area contributed by atoms with Crippen molar-refractivity contribution in [2.24, 2.45) is 5.73 Å². The van der Waals surface area contributed by atoms with E-state index in [1.54, 1.807) is 6.20 Å². The predicted molar refractivity (Wildman–Crippen MR) is 58.4 cm³/mol. The van der Waals surface area contributed by atoms with Crippen molar-refractivity contribution in [1.82, 2.24) is 20.2 Å². The molecule has 16 heavy (non-hydrogen) atoms. The van der Waals surface area contributed by atoms with E-state index < -0.39 is 0 Å². The molecular weight excluding hydrogens is 210 g/mol. The molecule has 0 atom stereocenters. The summed E-state index contributed by atoms with van der Waals surface area (Å²) in [7, 11) is 0. The van der Waals surface area contributed by atoms with Crippen LogP contribution in [-0.4, -0.2) is 32.6 Å². The van der Waals surface area contributed by atoms with E-state index in [0.717, 1.165) is 5.39 Å². The highest BCUT2D eigenvalue weighted by Gasteiger charge is 2.07. The zero-order chi connectivity index (χ0) is 11.5. The summed E-state index contributed by atoms with van der Waals surface area (Å²) in [6.07, 6.45) is 1.81. The average molecular weight is 221 g/mol. The van der Waals surface area contributed by atoms with E-state index in [4.69, 9.17) is 11.5 Å². The lowest BCUT2D eigenvalue weighted by molar-refractivity contribution is -0.117. The van der Waals surface area contributed by atoms with Crippen LogP contribution in [0.25, 0.3) is 11.0 Å². The van der Waals surface area contributed by atoms with Gasteiger partial charge in [0.15, 0.2) is 5.65 Å². The van der Waals surface area contributed by atoms with Gasteiger partial charge in [-0.25, -0.2) is 0 Å². The Morgan fingerprint density at radius 1 is 1.50 bits per heavy atom. The van der Waals surface area contributed by atoms with Gasteiger partial charge in [0, 0.05) is 13.0 Å². The molecule has 6 N–H and O–H groups in total. The van der Waals surface area contributed by atoms with Gasteiger partial charge in [-0.3, -0.25) is 9.89 Å². The molecule has 0 bridgehead atoms. The number of hydrogen-bond acceptors (Lipinski definition) is 6. The molecule has 1 amide bonds. The molecule has 8 heteroatoms. The van der Waals surface area contributed by atoms with Crippen LogP contribution in [0.1, 0.15) is 6.42 Å². The number of nitrogen functional groups attached to an aromatic ring is 1. The highest BCUT2D eigenvalue weighted by molar-refractivity contribution is 5.87. The Hall–Kier alpha value is -2.38. The summed E-state index contributed by atoms with van der Waals surface area (Å²) in [4.78, 5) is 18.5. The SMILES string of the molecule is NC(=O)CCNc1nc(N)nc2[nH]ncc12. The Kier molecular flexibility index (Phi) is 2.54. The minimum Gasteiger partial charge on any atom is -0.370 e. The van der Waals surface area contributed by atoms with Gasteiger partial charge in [-0.05, 0) is 0 Å². The van der Waals surface area contributed by atoms with Crippen molar-refractivity contribution in [3.05, 3.63) is 6.20 Å². The number of fused-ring (bicyclic) bond motifs is 1. The summed E-state index contributed by atoms with van der Waals surface area (Å²) < 4.78 is 0.